The van der Waals surface area contributed by atoms with Gasteiger partial charge in [-0.25, -0.2) is 0 Å². The molecule has 0 unspecified atom stereocenters. The zero-order chi connectivity index (χ0) is 26.8. The number of nitrogens with one attached hydrogen (secondary N) is 3. The molecule has 0 bridgehead atoms. The van der Waals surface area contributed by atoms with Crippen molar-refractivity contribution in [1.29, 1.82) is 0 Å². The first-order valence-corrected chi connectivity index (χ1v) is 14.7. The molecule has 0 aliphatic carbocycles. The van der Waals surface area contributed by atoms with Gasteiger partial charge in [-0.05, 0) is 0 Å². The van der Waals surface area contributed by atoms with Crippen LogP contribution in [0.3, 0.4) is 0 Å². The van der Waals surface area contributed by atoms with Crippen LogP contribution < -0.4 is 4.40 Å². The van der Waals surface area contributed by atoms with Gasteiger partial charge in [0.15, 0.2) is 0 Å². The number of hydrogen-bond acceptors (Lipinski definition) is 0. The molecule has 0 saturated carbocycles. The fraction of sp³-hybridized carbons (Fsp3) is 0.750. The quantitative estimate of drug-likeness (QED) is 0.152. The maximum atomic E-state index is 12.6. The Balaban J connectivity index is -0.000000231. The van der Waals surface area contributed by atoms with Crippen LogP contribution >= 0.6 is 0 Å². The Morgan fingerprint density at radius 3 is 0.941 bits per heavy atom. The molecule has 1 rings (SSSR count). The molecular weight excluding hydrogens is 704 g/mol. The first-order valence-electron chi connectivity index (χ1n) is 10.5. The standard InChI is InChI=1S/C8H4F9Ge.3C4H10N.Hf/c9-6(10,11)18(7(12,13)14,8(15,16)17)5-3-1-2-4-5;3*1-2-3-4-5;/h1-4H;3*5H,2-4H2,1H3;/q4*-1;+4. The fourth-order valence-corrected chi connectivity index (χ4v) is 7.66. The number of unbranched alkanes of at least 4 members (excludes halogenated alkanes) is 3. The molecule has 200 valence electrons. The summed E-state index contributed by atoms with van der Waals surface area (Å²) in [5, 5.41) is -19.1. The Hall–Kier alpha value is 0.0130. The fourth-order valence-electron chi connectivity index (χ4n) is 2.13. The zero-order valence-electron chi connectivity index (χ0n) is 19.6. The first kappa shape index (κ1) is 41.2. The summed E-state index contributed by atoms with van der Waals surface area (Å²) < 4.78 is 111. The van der Waals surface area contributed by atoms with Gasteiger partial charge in [-0.2, -0.15) is 19.6 Å². The van der Waals surface area contributed by atoms with Crippen molar-refractivity contribution in [2.75, 3.05) is 19.6 Å². The molecular formula is C20H34F9GeHfN3. The maximum absolute atomic E-state index is 12.6. The van der Waals surface area contributed by atoms with Crippen molar-refractivity contribution in [3.05, 3.63) is 41.5 Å². The third-order valence-electron chi connectivity index (χ3n) is 3.96. The number of halogens is 9. The molecule has 0 spiro atoms. The van der Waals surface area contributed by atoms with Crippen molar-refractivity contribution < 1.29 is 65.4 Å². The van der Waals surface area contributed by atoms with Crippen LogP contribution in [0.5, 0.6) is 0 Å². The molecule has 0 saturated heterocycles. The van der Waals surface area contributed by atoms with E-state index in [0.29, 0.717) is 19.6 Å². The van der Waals surface area contributed by atoms with Crippen molar-refractivity contribution >= 4 is 17.7 Å². The smallest absolute Gasteiger partial charge is 4.00 e. The molecule has 0 heterocycles. The molecule has 0 amide bonds. The van der Waals surface area contributed by atoms with E-state index in [-0.39, 0.29) is 38.0 Å². The second kappa shape index (κ2) is 21.1. The predicted molar refractivity (Wildman–Crippen MR) is 118 cm³/mol. The van der Waals surface area contributed by atoms with E-state index in [1.54, 1.807) is 0 Å². The summed E-state index contributed by atoms with van der Waals surface area (Å²) in [6, 6.07) is 1.90. The third kappa shape index (κ3) is 14.5. The maximum Gasteiger partial charge on any atom is 4.00 e. The molecule has 3 N–H and O–H groups in total. The van der Waals surface area contributed by atoms with E-state index in [0.717, 1.165) is 50.7 Å². The minimum absolute atomic E-state index is 0. The van der Waals surface area contributed by atoms with E-state index in [1.807, 2.05) is 0 Å². The van der Waals surface area contributed by atoms with Gasteiger partial charge in [0.05, 0.1) is 0 Å². The molecule has 1 aromatic rings. The van der Waals surface area contributed by atoms with E-state index < -0.39 is 32.7 Å². The van der Waals surface area contributed by atoms with Crippen molar-refractivity contribution in [2.24, 2.45) is 0 Å². The van der Waals surface area contributed by atoms with Gasteiger partial charge in [0.1, 0.15) is 0 Å². The Morgan fingerprint density at radius 2 is 0.824 bits per heavy atom. The van der Waals surface area contributed by atoms with Gasteiger partial charge in [0.2, 0.25) is 0 Å². The van der Waals surface area contributed by atoms with E-state index in [9.17, 15) is 39.5 Å². The van der Waals surface area contributed by atoms with Gasteiger partial charge in [-0.1, -0.05) is 59.3 Å². The molecule has 0 aromatic heterocycles. The van der Waals surface area contributed by atoms with Crippen molar-refractivity contribution in [3.63, 3.8) is 0 Å². The number of hydrogen-bond donors (Lipinski definition) is 0. The van der Waals surface area contributed by atoms with Gasteiger partial charge in [0.25, 0.3) is 0 Å². The summed E-state index contributed by atoms with van der Waals surface area (Å²) in [5.41, 5.74) is 19.8. The second-order valence-electron chi connectivity index (χ2n) is 6.73. The van der Waals surface area contributed by atoms with Gasteiger partial charge in [-0.15, -0.1) is 0 Å². The molecule has 0 fully saturated rings. The molecule has 0 aliphatic rings. The summed E-state index contributed by atoms with van der Waals surface area (Å²) in [5.74, 6) is 0. The summed E-state index contributed by atoms with van der Waals surface area (Å²) in [7, 11) is 0. The van der Waals surface area contributed by atoms with Crippen molar-refractivity contribution in [2.45, 2.75) is 74.3 Å². The topological polar surface area (TPSA) is 71.4 Å². The van der Waals surface area contributed by atoms with Gasteiger partial charge < -0.3 is 17.2 Å². The Bertz CT molecular complexity index is 493. The second-order valence-corrected chi connectivity index (χ2v) is 14.7. The third-order valence-corrected chi connectivity index (χ3v) is 11.8. The van der Waals surface area contributed by atoms with Crippen LogP contribution in [-0.4, -0.2) is 47.9 Å². The van der Waals surface area contributed by atoms with E-state index in [1.165, 1.54) is 0 Å². The molecule has 34 heavy (non-hydrogen) atoms. The molecule has 14 heteroatoms. The van der Waals surface area contributed by atoms with E-state index in [4.69, 9.17) is 17.2 Å². The normalized spacial score (nSPS) is 11.6. The van der Waals surface area contributed by atoms with Crippen molar-refractivity contribution in [1.82, 2.24) is 0 Å². The molecule has 3 nitrogen and oxygen atoms in total. The summed E-state index contributed by atoms with van der Waals surface area (Å²) >= 11 is -8.38. The van der Waals surface area contributed by atoms with Gasteiger partial charge in [0, 0.05) is 0 Å². The number of alkyl halides is 9. The Labute approximate surface area is 217 Å². The molecule has 0 radical (unpaired) electrons. The minimum atomic E-state index is -8.38. The predicted octanol–water partition coefficient (Wildman–Crippen LogP) is 8.88. The van der Waals surface area contributed by atoms with Crippen LogP contribution in [0.2, 0.25) is 0 Å². The van der Waals surface area contributed by atoms with Crippen LogP contribution in [-0.2, 0) is 25.8 Å². The summed E-state index contributed by atoms with van der Waals surface area (Å²) in [6.07, 6.45) is 6.64. The zero-order valence-corrected chi connectivity index (χ0v) is 25.3. The Morgan fingerprint density at radius 1 is 0.588 bits per heavy atom. The first-order chi connectivity index (χ1) is 15.1. The van der Waals surface area contributed by atoms with Crippen LogP contribution in [0.4, 0.5) is 39.5 Å². The number of rotatable bonds is 7. The summed E-state index contributed by atoms with van der Waals surface area (Å²) in [6.45, 7) is 8.06. The largest absolute Gasteiger partial charge is 4.00 e. The van der Waals surface area contributed by atoms with Crippen LogP contribution in [0.15, 0.2) is 24.3 Å². The van der Waals surface area contributed by atoms with E-state index in [2.05, 4.69) is 20.8 Å². The molecule has 0 atom stereocenters. The van der Waals surface area contributed by atoms with E-state index >= 15 is 0 Å². The van der Waals surface area contributed by atoms with Crippen LogP contribution in [0.1, 0.15) is 59.3 Å². The minimum Gasteiger partial charge on any atom is 4.00 e. The van der Waals surface area contributed by atoms with Gasteiger partial charge >= 0.3 is 122 Å². The van der Waals surface area contributed by atoms with Crippen molar-refractivity contribution in [3.8, 4) is 0 Å². The van der Waals surface area contributed by atoms with Crippen LogP contribution in [0, 0.1) is 0 Å². The monoisotopic (exact) mass is 741 g/mol. The average Bonchev–Trinajstić information content (AvgIpc) is 3.16. The summed E-state index contributed by atoms with van der Waals surface area (Å²) in [4.78, 5) is 0. The van der Waals surface area contributed by atoms with Gasteiger partial charge in [-0.3, -0.25) is 0 Å². The average molecular weight is 739 g/mol. The molecule has 0 aliphatic heterocycles. The Kier molecular flexibility index (Phi) is 25.6. The van der Waals surface area contributed by atoms with Crippen LogP contribution in [0.25, 0.3) is 17.2 Å². The SMILES string of the molecule is CCCC[NH-].CCCC[NH-].CCCC[NH-].F[C](F)(F)[Ge]([c-]1cccc1)([C](F)(F)F)[C](F)(F)F.[Hf+4]. The molecule has 1 aromatic carbocycles.